The first-order valence-corrected chi connectivity index (χ1v) is 4.03. The Morgan fingerprint density at radius 3 is 2.20 bits per heavy atom. The van der Waals surface area contributed by atoms with Crippen molar-refractivity contribution in [3.63, 3.8) is 0 Å². The quantitative estimate of drug-likeness (QED) is 0.481. The Bertz CT molecular complexity index is 90.1. The zero-order chi connectivity index (χ0) is 8.20. The highest BCUT2D eigenvalue weighted by molar-refractivity contribution is 6.18. The van der Waals surface area contributed by atoms with Gasteiger partial charge in [-0.15, -0.1) is 11.6 Å². The number of rotatable bonds is 4. The fourth-order valence-electron chi connectivity index (χ4n) is 0.613. The van der Waals surface area contributed by atoms with Gasteiger partial charge in [-0.2, -0.15) is 0 Å². The standard InChI is InChI=1S/C7H17ClNO/c1-9(2,3)5-4-7(10)6-8/h7,10H,4-6H2,1-3H3/q+1. The Hall–Kier alpha value is 0.210. The molecule has 1 N–H and O–H groups in total. The average Bonchev–Trinajstić information content (AvgIpc) is 1.81. The summed E-state index contributed by atoms with van der Waals surface area (Å²) in [7, 11) is 6.29. The van der Waals surface area contributed by atoms with Crippen LogP contribution in [0.3, 0.4) is 0 Å². The van der Waals surface area contributed by atoms with Crippen molar-refractivity contribution < 1.29 is 9.59 Å². The van der Waals surface area contributed by atoms with E-state index in [1.807, 2.05) is 0 Å². The summed E-state index contributed by atoms with van der Waals surface area (Å²) in [6.45, 7) is 0.966. The minimum Gasteiger partial charge on any atom is -0.392 e. The number of hydrogen-bond donors (Lipinski definition) is 1. The molecule has 0 fully saturated rings. The maximum atomic E-state index is 9.08. The second kappa shape index (κ2) is 4.16. The Balaban J connectivity index is 3.36. The van der Waals surface area contributed by atoms with Crippen LogP contribution in [0.4, 0.5) is 0 Å². The van der Waals surface area contributed by atoms with Crippen molar-refractivity contribution in [1.29, 1.82) is 0 Å². The fourth-order valence-corrected chi connectivity index (χ4v) is 0.768. The first-order chi connectivity index (χ1) is 4.45. The molecule has 2 nitrogen and oxygen atoms in total. The lowest BCUT2D eigenvalue weighted by Gasteiger charge is -2.24. The molecule has 0 saturated heterocycles. The van der Waals surface area contributed by atoms with E-state index in [9.17, 15) is 0 Å². The third-order valence-corrected chi connectivity index (χ3v) is 1.67. The summed E-state index contributed by atoms with van der Waals surface area (Å²) in [6, 6.07) is 0. The van der Waals surface area contributed by atoms with Crippen molar-refractivity contribution in [2.24, 2.45) is 0 Å². The number of hydrogen-bond acceptors (Lipinski definition) is 1. The van der Waals surface area contributed by atoms with E-state index in [0.717, 1.165) is 17.4 Å². The molecule has 0 aliphatic carbocycles. The van der Waals surface area contributed by atoms with Crippen LogP contribution in [0.2, 0.25) is 0 Å². The summed E-state index contributed by atoms with van der Waals surface area (Å²) in [5.74, 6) is 0.347. The van der Waals surface area contributed by atoms with Crippen molar-refractivity contribution >= 4 is 11.6 Å². The van der Waals surface area contributed by atoms with E-state index in [0.29, 0.717) is 5.88 Å². The summed E-state index contributed by atoms with van der Waals surface area (Å²) in [5.41, 5.74) is 0. The molecular formula is C7H17ClNO+. The molecule has 0 saturated carbocycles. The lowest BCUT2D eigenvalue weighted by molar-refractivity contribution is -0.870. The second-order valence-electron chi connectivity index (χ2n) is 3.61. The van der Waals surface area contributed by atoms with Crippen LogP contribution in [0.1, 0.15) is 6.42 Å². The van der Waals surface area contributed by atoms with E-state index in [4.69, 9.17) is 16.7 Å². The largest absolute Gasteiger partial charge is 0.392 e. The van der Waals surface area contributed by atoms with Gasteiger partial charge in [-0.25, -0.2) is 0 Å². The smallest absolute Gasteiger partial charge is 0.0805 e. The Morgan fingerprint density at radius 1 is 1.40 bits per heavy atom. The van der Waals surface area contributed by atoms with E-state index >= 15 is 0 Å². The van der Waals surface area contributed by atoms with Crippen LogP contribution in [0.5, 0.6) is 0 Å². The van der Waals surface area contributed by atoms with Crippen LogP contribution in [0.15, 0.2) is 0 Å². The molecule has 0 aromatic heterocycles. The molecule has 3 heteroatoms. The minimum absolute atomic E-state index is 0.334. The lowest BCUT2D eigenvalue weighted by atomic mass is 10.2. The molecule has 62 valence electrons. The Labute approximate surface area is 68.0 Å². The van der Waals surface area contributed by atoms with Gasteiger partial charge in [0.15, 0.2) is 0 Å². The predicted molar refractivity (Wildman–Crippen MR) is 44.2 cm³/mol. The highest BCUT2D eigenvalue weighted by atomic mass is 35.5. The first kappa shape index (κ1) is 10.2. The molecule has 0 aliphatic rings. The number of aliphatic hydroxyl groups is 1. The molecule has 0 aromatic carbocycles. The van der Waals surface area contributed by atoms with Gasteiger partial charge >= 0.3 is 0 Å². The molecule has 0 heterocycles. The van der Waals surface area contributed by atoms with Gasteiger partial charge in [0.25, 0.3) is 0 Å². The molecular weight excluding hydrogens is 150 g/mol. The number of quaternary nitrogens is 1. The number of halogens is 1. The second-order valence-corrected chi connectivity index (χ2v) is 3.92. The predicted octanol–water partition coefficient (Wildman–Crippen LogP) is 0.682. The number of alkyl halides is 1. The van der Waals surface area contributed by atoms with E-state index in [2.05, 4.69) is 21.1 Å². The van der Waals surface area contributed by atoms with Crippen molar-refractivity contribution in [3.8, 4) is 0 Å². The van der Waals surface area contributed by atoms with Crippen molar-refractivity contribution in [2.45, 2.75) is 12.5 Å². The molecule has 0 aliphatic heterocycles. The number of aliphatic hydroxyl groups excluding tert-OH is 1. The van der Waals surface area contributed by atoms with E-state index in [-0.39, 0.29) is 6.10 Å². The number of nitrogens with zero attached hydrogens (tertiary/aromatic N) is 1. The topological polar surface area (TPSA) is 20.2 Å². The molecule has 1 unspecified atom stereocenters. The van der Waals surface area contributed by atoms with Crippen LogP contribution in [-0.4, -0.2) is 49.3 Å². The zero-order valence-corrected chi connectivity index (χ0v) is 7.73. The molecule has 0 aromatic rings. The molecule has 1 atom stereocenters. The molecule has 0 rings (SSSR count). The van der Waals surface area contributed by atoms with Gasteiger partial charge in [0.05, 0.1) is 33.8 Å². The third kappa shape index (κ3) is 6.33. The molecule has 0 bridgehead atoms. The van der Waals surface area contributed by atoms with Crippen LogP contribution < -0.4 is 0 Å². The van der Waals surface area contributed by atoms with Gasteiger partial charge in [-0.1, -0.05) is 0 Å². The molecule has 0 spiro atoms. The highest BCUT2D eigenvalue weighted by Gasteiger charge is 2.10. The van der Waals surface area contributed by atoms with Crippen LogP contribution >= 0.6 is 11.6 Å². The summed E-state index contributed by atoms with van der Waals surface area (Å²) in [6.07, 6.45) is 0.450. The van der Waals surface area contributed by atoms with Crippen LogP contribution in [0.25, 0.3) is 0 Å². The SMILES string of the molecule is C[N+](C)(C)CCC(O)CCl. The summed E-state index contributed by atoms with van der Waals surface area (Å²) < 4.78 is 0.883. The Kier molecular flexibility index (Phi) is 4.25. The summed E-state index contributed by atoms with van der Waals surface area (Å²) in [4.78, 5) is 0. The molecule has 10 heavy (non-hydrogen) atoms. The van der Waals surface area contributed by atoms with Gasteiger partial charge in [0.1, 0.15) is 0 Å². The summed E-state index contributed by atoms with van der Waals surface area (Å²) in [5, 5.41) is 9.08. The van der Waals surface area contributed by atoms with Gasteiger partial charge in [-0.3, -0.25) is 0 Å². The van der Waals surface area contributed by atoms with Crippen LogP contribution in [-0.2, 0) is 0 Å². The van der Waals surface area contributed by atoms with Gasteiger partial charge in [0.2, 0.25) is 0 Å². The molecule has 0 amide bonds. The molecule has 0 radical (unpaired) electrons. The third-order valence-electron chi connectivity index (χ3n) is 1.31. The average molecular weight is 167 g/mol. The minimum atomic E-state index is -0.334. The zero-order valence-electron chi connectivity index (χ0n) is 6.97. The van der Waals surface area contributed by atoms with E-state index in [1.165, 1.54) is 0 Å². The lowest BCUT2D eigenvalue weighted by Crippen LogP contribution is -2.37. The van der Waals surface area contributed by atoms with Crippen LogP contribution in [0, 0.1) is 0 Å². The maximum absolute atomic E-state index is 9.08. The Morgan fingerprint density at radius 2 is 1.90 bits per heavy atom. The highest BCUT2D eigenvalue weighted by Crippen LogP contribution is 1.99. The van der Waals surface area contributed by atoms with Crippen molar-refractivity contribution in [2.75, 3.05) is 33.6 Å². The van der Waals surface area contributed by atoms with Gasteiger partial charge < -0.3 is 9.59 Å². The summed E-state index contributed by atoms with van der Waals surface area (Å²) >= 11 is 5.42. The van der Waals surface area contributed by atoms with Crippen molar-refractivity contribution in [3.05, 3.63) is 0 Å². The van der Waals surface area contributed by atoms with Gasteiger partial charge in [-0.05, 0) is 0 Å². The van der Waals surface area contributed by atoms with E-state index in [1.54, 1.807) is 0 Å². The monoisotopic (exact) mass is 166 g/mol. The first-order valence-electron chi connectivity index (χ1n) is 3.50. The normalized spacial score (nSPS) is 15.3. The van der Waals surface area contributed by atoms with Gasteiger partial charge in [0, 0.05) is 12.3 Å². The van der Waals surface area contributed by atoms with E-state index < -0.39 is 0 Å². The fraction of sp³-hybridized carbons (Fsp3) is 1.00. The van der Waals surface area contributed by atoms with Crippen molar-refractivity contribution in [1.82, 2.24) is 0 Å². The maximum Gasteiger partial charge on any atom is 0.0805 e.